The van der Waals surface area contributed by atoms with Crippen molar-refractivity contribution in [3.05, 3.63) is 124 Å². The Bertz CT molecular complexity index is 1530. The Hall–Kier alpha value is -4.51. The fourth-order valence-corrected chi connectivity index (χ4v) is 4.20. The molecular weight excluding hydrogens is 400 g/mol. The number of para-hydroxylation sites is 2. The first kappa shape index (κ1) is 19.5. The molecule has 6 rings (SSSR count). The molecule has 1 aromatic heterocycles. The number of nitrogens with one attached hydrogen (secondary N) is 1. The molecule has 2 aliphatic rings. The molecule has 32 heavy (non-hydrogen) atoms. The van der Waals surface area contributed by atoms with E-state index in [2.05, 4.69) is 48.0 Å². The minimum Gasteiger partial charge on any atom is -0.354 e. The molecule has 0 spiro atoms. The normalized spacial score (nSPS) is 14.0. The number of H-pyrrole nitrogens is 1. The van der Waals surface area contributed by atoms with Crippen molar-refractivity contribution in [2.45, 2.75) is 0 Å². The lowest BCUT2D eigenvalue weighted by Gasteiger charge is -2.08. The van der Waals surface area contributed by atoms with E-state index in [-0.39, 0.29) is 5.70 Å². The van der Waals surface area contributed by atoms with Crippen LogP contribution in [0, 0.1) is 10.1 Å². The van der Waals surface area contributed by atoms with Gasteiger partial charge in [0.2, 0.25) is 0 Å². The summed E-state index contributed by atoms with van der Waals surface area (Å²) in [6.45, 7) is 3.83. The van der Waals surface area contributed by atoms with E-state index in [1.165, 1.54) is 27.9 Å². The van der Waals surface area contributed by atoms with E-state index in [0.717, 1.165) is 22.3 Å². The molecule has 0 fully saturated rings. The number of hydrogen-bond acceptors (Lipinski definition) is 3. The van der Waals surface area contributed by atoms with E-state index < -0.39 is 10.7 Å². The van der Waals surface area contributed by atoms with Crippen molar-refractivity contribution in [1.29, 1.82) is 0 Å². The number of benzene rings is 3. The van der Waals surface area contributed by atoms with Gasteiger partial charge in [-0.15, -0.1) is 0 Å². The van der Waals surface area contributed by atoms with E-state index in [0.29, 0.717) is 5.57 Å². The zero-order valence-corrected chi connectivity index (χ0v) is 17.0. The highest BCUT2D eigenvalue weighted by Crippen LogP contribution is 2.39. The number of rotatable bonds is 2. The number of Topliss-reactive ketones (excluding diaryl/α,β-unsaturated/α-hetero) is 1. The van der Waals surface area contributed by atoms with Gasteiger partial charge in [-0.25, -0.2) is 0 Å². The SMILES string of the molecule is C=Cc1cccc2c1[nH]c1ccccc12.O=C1C2=Cc3ccccc3C2=CC=C1[N+](=O)[O-]. The van der Waals surface area contributed by atoms with Gasteiger partial charge in [0.1, 0.15) is 0 Å². The number of allylic oxidation sites excluding steroid dienone is 4. The fraction of sp³-hybridized carbons (Fsp3) is 0. The summed E-state index contributed by atoms with van der Waals surface area (Å²) in [6, 6.07) is 22.2. The maximum Gasteiger partial charge on any atom is 0.316 e. The number of aromatic amines is 1. The third-order valence-electron chi connectivity index (χ3n) is 5.72. The number of nitro groups is 1. The van der Waals surface area contributed by atoms with E-state index in [1.54, 1.807) is 12.2 Å². The summed E-state index contributed by atoms with van der Waals surface area (Å²) in [6.07, 6.45) is 6.51. The van der Waals surface area contributed by atoms with Crippen molar-refractivity contribution in [3.63, 3.8) is 0 Å². The molecule has 0 amide bonds. The number of fused-ring (bicyclic) bond motifs is 6. The molecule has 2 aliphatic carbocycles. The monoisotopic (exact) mass is 418 g/mol. The van der Waals surface area contributed by atoms with Gasteiger partial charge >= 0.3 is 5.70 Å². The van der Waals surface area contributed by atoms with Gasteiger partial charge in [0.15, 0.2) is 0 Å². The first-order valence-electron chi connectivity index (χ1n) is 10.1. The smallest absolute Gasteiger partial charge is 0.316 e. The second-order valence-electron chi connectivity index (χ2n) is 7.51. The largest absolute Gasteiger partial charge is 0.354 e. The number of carbonyl (C=O) groups excluding carboxylic acids is 1. The van der Waals surface area contributed by atoms with Crippen molar-refractivity contribution in [2.24, 2.45) is 0 Å². The van der Waals surface area contributed by atoms with E-state index in [1.807, 2.05) is 36.4 Å². The topological polar surface area (TPSA) is 76.0 Å². The molecule has 0 aliphatic heterocycles. The lowest BCUT2D eigenvalue weighted by Crippen LogP contribution is -2.15. The van der Waals surface area contributed by atoms with Gasteiger partial charge in [0.05, 0.1) is 10.4 Å². The lowest BCUT2D eigenvalue weighted by molar-refractivity contribution is -0.418. The number of hydrogen-bond donors (Lipinski definition) is 1. The summed E-state index contributed by atoms with van der Waals surface area (Å²) in [5.74, 6) is -0.510. The Kier molecular flexibility index (Phi) is 4.64. The highest BCUT2D eigenvalue weighted by molar-refractivity contribution is 6.24. The van der Waals surface area contributed by atoms with E-state index >= 15 is 0 Å². The lowest BCUT2D eigenvalue weighted by atomic mass is 9.94. The zero-order valence-electron chi connectivity index (χ0n) is 17.0. The molecule has 4 aromatic rings. The van der Waals surface area contributed by atoms with Gasteiger partial charge in [0, 0.05) is 27.9 Å². The molecule has 5 nitrogen and oxygen atoms in total. The molecule has 154 valence electrons. The van der Waals surface area contributed by atoms with Gasteiger partial charge < -0.3 is 4.98 Å². The van der Waals surface area contributed by atoms with Crippen molar-refractivity contribution >= 4 is 45.3 Å². The summed E-state index contributed by atoms with van der Waals surface area (Å²) in [4.78, 5) is 25.4. The molecule has 0 saturated carbocycles. The van der Waals surface area contributed by atoms with Crippen LogP contribution in [-0.4, -0.2) is 15.7 Å². The Morgan fingerprint density at radius 3 is 2.44 bits per heavy atom. The van der Waals surface area contributed by atoms with Crippen LogP contribution < -0.4 is 0 Å². The Balaban J connectivity index is 0.000000136. The molecule has 0 radical (unpaired) electrons. The molecule has 3 aromatic carbocycles. The van der Waals surface area contributed by atoms with E-state index in [9.17, 15) is 14.9 Å². The minimum atomic E-state index is -0.639. The predicted octanol–water partition coefficient (Wildman–Crippen LogP) is 6.17. The van der Waals surface area contributed by atoms with Crippen LogP contribution in [0.4, 0.5) is 0 Å². The van der Waals surface area contributed by atoms with Crippen LogP contribution in [0.1, 0.15) is 16.7 Å². The van der Waals surface area contributed by atoms with Gasteiger partial charge in [-0.1, -0.05) is 73.3 Å². The average Bonchev–Trinajstić information content (AvgIpc) is 3.38. The maximum atomic E-state index is 11.9. The summed E-state index contributed by atoms with van der Waals surface area (Å²) < 4.78 is 0. The minimum absolute atomic E-state index is 0.368. The molecule has 0 unspecified atom stereocenters. The molecule has 0 bridgehead atoms. The summed E-state index contributed by atoms with van der Waals surface area (Å²) in [7, 11) is 0. The van der Waals surface area contributed by atoms with Crippen LogP contribution in [0.25, 0.3) is 39.5 Å². The third kappa shape index (κ3) is 3.08. The quantitative estimate of drug-likeness (QED) is 0.312. The summed E-state index contributed by atoms with van der Waals surface area (Å²) >= 11 is 0. The Morgan fingerprint density at radius 1 is 0.875 bits per heavy atom. The molecule has 1 N–H and O–H groups in total. The average molecular weight is 418 g/mol. The maximum absolute atomic E-state index is 11.9. The standard InChI is InChI=1S/C14H11N.C13H7NO3/c1-2-10-6-5-8-12-11-7-3-4-9-13(11)15-14(10)12;15-13-11-7-8-3-1-2-4-9(8)10(11)5-6-12(13)14(16)17/h2-9,15H,1H2;1-7H. The van der Waals surface area contributed by atoms with Crippen molar-refractivity contribution < 1.29 is 9.72 Å². The molecule has 5 heteroatoms. The first-order valence-corrected chi connectivity index (χ1v) is 10.1. The predicted molar refractivity (Wildman–Crippen MR) is 128 cm³/mol. The highest BCUT2D eigenvalue weighted by atomic mass is 16.6. The molecule has 0 saturated heterocycles. The summed E-state index contributed by atoms with van der Waals surface area (Å²) in [5.41, 5.74) is 6.22. The Morgan fingerprint density at radius 2 is 1.62 bits per heavy atom. The van der Waals surface area contributed by atoms with Crippen molar-refractivity contribution in [1.82, 2.24) is 4.98 Å². The molecule has 0 atom stereocenters. The Labute approximate surface area is 183 Å². The molecular formula is C27H18N2O3. The molecule has 1 heterocycles. The fourth-order valence-electron chi connectivity index (χ4n) is 4.20. The number of ketones is 1. The summed E-state index contributed by atoms with van der Waals surface area (Å²) in [5, 5.41) is 13.2. The third-order valence-corrected chi connectivity index (χ3v) is 5.72. The number of nitrogens with zero attached hydrogens (tertiary/aromatic N) is 1. The second-order valence-corrected chi connectivity index (χ2v) is 7.51. The first-order chi connectivity index (χ1) is 15.6. The van der Waals surface area contributed by atoms with Gasteiger partial charge in [-0.3, -0.25) is 14.9 Å². The van der Waals surface area contributed by atoms with Crippen LogP contribution in [0.5, 0.6) is 0 Å². The van der Waals surface area contributed by atoms with Crippen LogP contribution in [0.15, 0.2) is 96.7 Å². The van der Waals surface area contributed by atoms with Gasteiger partial charge in [0.25, 0.3) is 5.78 Å². The van der Waals surface area contributed by atoms with Crippen molar-refractivity contribution in [2.75, 3.05) is 0 Å². The number of aromatic nitrogens is 1. The van der Waals surface area contributed by atoms with Crippen LogP contribution in [-0.2, 0) is 4.79 Å². The van der Waals surface area contributed by atoms with Crippen LogP contribution in [0.3, 0.4) is 0 Å². The second kappa shape index (κ2) is 7.63. The van der Waals surface area contributed by atoms with Gasteiger partial charge in [-0.05, 0) is 40.5 Å². The number of carbonyl (C=O) groups is 1. The highest BCUT2D eigenvalue weighted by Gasteiger charge is 2.34. The van der Waals surface area contributed by atoms with Crippen molar-refractivity contribution in [3.8, 4) is 0 Å². The zero-order chi connectivity index (χ0) is 22.2. The van der Waals surface area contributed by atoms with Crippen LogP contribution in [0.2, 0.25) is 0 Å². The van der Waals surface area contributed by atoms with Crippen LogP contribution >= 0.6 is 0 Å². The van der Waals surface area contributed by atoms with E-state index in [4.69, 9.17) is 0 Å². The van der Waals surface area contributed by atoms with Gasteiger partial charge in [-0.2, -0.15) is 0 Å².